The van der Waals surface area contributed by atoms with Gasteiger partial charge in [-0.3, -0.25) is 4.99 Å². The minimum absolute atomic E-state index is 0. The summed E-state index contributed by atoms with van der Waals surface area (Å²) in [6, 6.07) is 10.5. The first-order valence-electron chi connectivity index (χ1n) is 7.84. The summed E-state index contributed by atoms with van der Waals surface area (Å²) in [5.74, 6) is 1.65. The molecule has 1 aromatic carbocycles. The Kier molecular flexibility index (Phi) is 9.84. The third-order valence-electron chi connectivity index (χ3n) is 3.53. The molecule has 0 amide bonds. The van der Waals surface area contributed by atoms with Gasteiger partial charge >= 0.3 is 0 Å². The lowest BCUT2D eigenvalue weighted by molar-refractivity contribution is 0.179. The van der Waals surface area contributed by atoms with Gasteiger partial charge in [0.25, 0.3) is 0 Å². The maximum atomic E-state index is 5.20. The maximum Gasteiger partial charge on any atom is 0.191 e. The van der Waals surface area contributed by atoms with E-state index in [-0.39, 0.29) is 30.0 Å². The highest BCUT2D eigenvalue weighted by Gasteiger charge is 2.07. The van der Waals surface area contributed by atoms with E-state index in [1.165, 1.54) is 16.0 Å². The molecule has 1 aromatic heterocycles. The van der Waals surface area contributed by atoms with Gasteiger partial charge in [0.15, 0.2) is 5.96 Å². The number of ether oxygens (including phenoxy) is 2. The number of nitrogens with one attached hydrogen (secondary N) is 2. The van der Waals surface area contributed by atoms with Crippen LogP contribution in [0.3, 0.4) is 0 Å². The number of aliphatic imine (C=N–C) groups is 1. The molecule has 0 radical (unpaired) electrons. The second kappa shape index (κ2) is 11.3. The van der Waals surface area contributed by atoms with Gasteiger partial charge in [0, 0.05) is 25.1 Å². The maximum absolute atomic E-state index is 5.20. The first kappa shape index (κ1) is 21.7. The van der Waals surface area contributed by atoms with Crippen molar-refractivity contribution in [2.45, 2.75) is 19.5 Å². The number of hydrogen-bond donors (Lipinski definition) is 2. The first-order valence-corrected chi connectivity index (χ1v) is 8.72. The van der Waals surface area contributed by atoms with Crippen molar-refractivity contribution < 1.29 is 9.47 Å². The van der Waals surface area contributed by atoms with Crippen molar-refractivity contribution in [2.24, 2.45) is 4.99 Å². The Morgan fingerprint density at radius 2 is 1.92 bits per heavy atom. The summed E-state index contributed by atoms with van der Waals surface area (Å²) in [5, 5.41) is 8.79. The molecule has 2 N–H and O–H groups in total. The highest BCUT2D eigenvalue weighted by molar-refractivity contribution is 14.0. The number of guanidine groups is 1. The van der Waals surface area contributed by atoms with Gasteiger partial charge in [0.1, 0.15) is 5.75 Å². The summed E-state index contributed by atoms with van der Waals surface area (Å²) >= 11 is 1.73. The zero-order valence-corrected chi connectivity index (χ0v) is 18.2. The van der Waals surface area contributed by atoms with Crippen molar-refractivity contribution in [3.63, 3.8) is 0 Å². The highest BCUT2D eigenvalue weighted by atomic mass is 127. The molecule has 0 spiro atoms. The molecule has 0 bridgehead atoms. The fraction of sp³-hybridized carbons (Fsp3) is 0.389. The van der Waals surface area contributed by atoms with E-state index >= 15 is 0 Å². The van der Waals surface area contributed by atoms with E-state index in [0.717, 1.165) is 18.3 Å². The molecule has 2 rings (SSSR count). The molecule has 0 saturated carbocycles. The Bertz CT molecular complexity index is 659. The van der Waals surface area contributed by atoms with Crippen molar-refractivity contribution in [3.8, 4) is 16.9 Å². The molecule has 0 aliphatic carbocycles. The van der Waals surface area contributed by atoms with Gasteiger partial charge in [-0.1, -0.05) is 12.1 Å². The Hall–Kier alpha value is -1.32. The van der Waals surface area contributed by atoms with E-state index in [0.29, 0.717) is 6.61 Å². The number of rotatable bonds is 7. The SMILES string of the molecule is CN=C(NCc1cc(-c2ccc(OC)cc2)cs1)NC(C)COC.I. The minimum atomic E-state index is 0. The highest BCUT2D eigenvalue weighted by Crippen LogP contribution is 2.27. The van der Waals surface area contributed by atoms with E-state index < -0.39 is 0 Å². The van der Waals surface area contributed by atoms with E-state index in [2.05, 4.69) is 46.1 Å². The van der Waals surface area contributed by atoms with Crippen LogP contribution >= 0.6 is 35.3 Å². The smallest absolute Gasteiger partial charge is 0.191 e. The van der Waals surface area contributed by atoms with Gasteiger partial charge in [-0.05, 0) is 41.6 Å². The van der Waals surface area contributed by atoms with Crippen LogP contribution in [0.15, 0.2) is 40.7 Å². The second-order valence-corrected chi connectivity index (χ2v) is 6.45. The fourth-order valence-electron chi connectivity index (χ4n) is 2.30. The lowest BCUT2D eigenvalue weighted by atomic mass is 10.1. The number of halogens is 1. The van der Waals surface area contributed by atoms with Crippen molar-refractivity contribution in [3.05, 3.63) is 40.6 Å². The standard InChI is InChI=1S/C18H25N3O2S.HI/c1-13(11-22-3)21-18(19-2)20-10-17-9-15(12-24-17)14-5-7-16(23-4)8-6-14;/h5-9,12-13H,10-11H2,1-4H3,(H2,19,20,21);1H. The molecule has 1 atom stereocenters. The largest absolute Gasteiger partial charge is 0.497 e. The van der Waals surface area contributed by atoms with Crippen LogP contribution < -0.4 is 15.4 Å². The van der Waals surface area contributed by atoms with Crippen LogP contribution in [0.5, 0.6) is 5.75 Å². The van der Waals surface area contributed by atoms with Crippen LogP contribution in [0.25, 0.3) is 11.1 Å². The van der Waals surface area contributed by atoms with Crippen LogP contribution in [0.4, 0.5) is 0 Å². The van der Waals surface area contributed by atoms with Crippen LogP contribution in [0.2, 0.25) is 0 Å². The Balaban J connectivity index is 0.00000312. The number of methoxy groups -OCH3 is 2. The lowest BCUT2D eigenvalue weighted by Gasteiger charge is -2.16. The van der Waals surface area contributed by atoms with Gasteiger partial charge in [-0.2, -0.15) is 0 Å². The molecule has 1 heterocycles. The van der Waals surface area contributed by atoms with Gasteiger partial charge in [0.05, 0.1) is 20.3 Å². The summed E-state index contributed by atoms with van der Waals surface area (Å²) in [6.07, 6.45) is 0. The van der Waals surface area contributed by atoms with E-state index in [1.54, 1.807) is 32.6 Å². The summed E-state index contributed by atoms with van der Waals surface area (Å²) in [7, 11) is 5.14. The van der Waals surface area contributed by atoms with E-state index in [4.69, 9.17) is 9.47 Å². The second-order valence-electron chi connectivity index (χ2n) is 5.46. The topological polar surface area (TPSA) is 54.9 Å². The third kappa shape index (κ3) is 6.83. The average molecular weight is 475 g/mol. The number of benzene rings is 1. The molecule has 0 saturated heterocycles. The van der Waals surface area contributed by atoms with Crippen LogP contribution in [-0.4, -0.2) is 39.9 Å². The zero-order valence-electron chi connectivity index (χ0n) is 15.0. The summed E-state index contributed by atoms with van der Waals surface area (Å²) in [6.45, 7) is 3.44. The predicted octanol–water partition coefficient (Wildman–Crippen LogP) is 3.74. The van der Waals surface area contributed by atoms with Crippen LogP contribution in [-0.2, 0) is 11.3 Å². The van der Waals surface area contributed by atoms with Crippen molar-refractivity contribution in [1.29, 1.82) is 0 Å². The minimum Gasteiger partial charge on any atom is -0.497 e. The molecule has 7 heteroatoms. The number of hydrogen-bond acceptors (Lipinski definition) is 4. The quantitative estimate of drug-likeness (QED) is 0.364. The Morgan fingerprint density at radius 3 is 2.52 bits per heavy atom. The molecule has 0 aliphatic heterocycles. The normalized spacial score (nSPS) is 12.2. The molecule has 5 nitrogen and oxygen atoms in total. The lowest BCUT2D eigenvalue weighted by Crippen LogP contribution is -2.43. The molecule has 0 fully saturated rings. The van der Waals surface area contributed by atoms with Crippen molar-refractivity contribution in [1.82, 2.24) is 10.6 Å². The van der Waals surface area contributed by atoms with Gasteiger partial charge < -0.3 is 20.1 Å². The summed E-state index contributed by atoms with van der Waals surface area (Å²) in [4.78, 5) is 5.49. The zero-order chi connectivity index (χ0) is 17.4. The Morgan fingerprint density at radius 1 is 1.20 bits per heavy atom. The molecular weight excluding hydrogens is 449 g/mol. The van der Waals surface area contributed by atoms with E-state index in [9.17, 15) is 0 Å². The molecular formula is C18H26IN3O2S. The first-order chi connectivity index (χ1) is 11.7. The molecule has 2 aromatic rings. The van der Waals surface area contributed by atoms with E-state index in [1.807, 2.05) is 12.1 Å². The average Bonchev–Trinajstić information content (AvgIpc) is 3.08. The molecule has 0 aliphatic rings. The van der Waals surface area contributed by atoms with Crippen molar-refractivity contribution in [2.75, 3.05) is 27.9 Å². The van der Waals surface area contributed by atoms with Gasteiger partial charge in [0.2, 0.25) is 0 Å². The fourth-order valence-corrected chi connectivity index (χ4v) is 3.13. The summed E-state index contributed by atoms with van der Waals surface area (Å²) < 4.78 is 10.3. The van der Waals surface area contributed by atoms with Gasteiger partial charge in [-0.25, -0.2) is 0 Å². The molecule has 1 unspecified atom stereocenters. The van der Waals surface area contributed by atoms with Crippen LogP contribution in [0, 0.1) is 0 Å². The van der Waals surface area contributed by atoms with Crippen molar-refractivity contribution >= 4 is 41.3 Å². The van der Waals surface area contributed by atoms with Gasteiger partial charge in [-0.15, -0.1) is 35.3 Å². The predicted molar refractivity (Wildman–Crippen MR) is 116 cm³/mol. The summed E-state index contributed by atoms with van der Waals surface area (Å²) in [5.41, 5.74) is 2.41. The Labute approximate surface area is 170 Å². The third-order valence-corrected chi connectivity index (χ3v) is 4.47. The number of thiophene rings is 1. The molecule has 138 valence electrons. The molecule has 25 heavy (non-hydrogen) atoms. The van der Waals surface area contributed by atoms with Crippen LogP contribution in [0.1, 0.15) is 11.8 Å². The number of nitrogens with zero attached hydrogens (tertiary/aromatic N) is 1. The monoisotopic (exact) mass is 475 g/mol.